The third kappa shape index (κ3) is 3.24. The molecule has 3 nitrogen and oxygen atoms in total. The summed E-state index contributed by atoms with van der Waals surface area (Å²) in [5.74, 6) is 0. The van der Waals surface area contributed by atoms with Crippen molar-refractivity contribution < 1.29 is 4.79 Å². The largest absolute Gasteiger partial charge is 0.321 e. The van der Waals surface area contributed by atoms with E-state index in [-0.39, 0.29) is 18.1 Å². The van der Waals surface area contributed by atoms with Gasteiger partial charge in [0.25, 0.3) is 0 Å². The SMILES string of the molecule is CCC(C)N1CC(c2ccccc2)N(Cc2ccccc2)C1=O. The molecule has 1 aliphatic heterocycles. The quantitative estimate of drug-likeness (QED) is 0.799. The van der Waals surface area contributed by atoms with Crippen LogP contribution >= 0.6 is 0 Å². The molecule has 2 aromatic rings. The molecular weight excluding hydrogens is 284 g/mol. The van der Waals surface area contributed by atoms with Gasteiger partial charge in [-0.2, -0.15) is 0 Å². The Labute approximate surface area is 138 Å². The lowest BCUT2D eigenvalue weighted by atomic mass is 10.1. The van der Waals surface area contributed by atoms with Gasteiger partial charge in [0.1, 0.15) is 0 Å². The first kappa shape index (κ1) is 15.6. The predicted octanol–water partition coefficient (Wildman–Crippen LogP) is 4.46. The molecule has 23 heavy (non-hydrogen) atoms. The molecule has 2 amide bonds. The molecule has 1 aliphatic rings. The standard InChI is InChI=1S/C20H24N2O/c1-3-16(2)21-15-19(18-12-8-5-9-13-18)22(20(21)23)14-17-10-6-4-7-11-17/h4-13,16,19H,3,14-15H2,1-2H3. The van der Waals surface area contributed by atoms with Gasteiger partial charge in [-0.15, -0.1) is 0 Å². The molecule has 1 saturated heterocycles. The van der Waals surface area contributed by atoms with Crippen LogP contribution in [0.2, 0.25) is 0 Å². The van der Waals surface area contributed by atoms with E-state index < -0.39 is 0 Å². The second kappa shape index (κ2) is 6.86. The van der Waals surface area contributed by atoms with E-state index in [0.717, 1.165) is 13.0 Å². The highest BCUT2D eigenvalue weighted by Gasteiger charge is 2.39. The van der Waals surface area contributed by atoms with Crippen LogP contribution < -0.4 is 0 Å². The number of hydrogen-bond donors (Lipinski definition) is 0. The molecule has 0 aromatic heterocycles. The molecule has 2 unspecified atom stereocenters. The van der Waals surface area contributed by atoms with Gasteiger partial charge in [-0.3, -0.25) is 0 Å². The molecule has 1 heterocycles. The maximum absolute atomic E-state index is 12.9. The summed E-state index contributed by atoms with van der Waals surface area (Å²) in [6.07, 6.45) is 0.979. The molecule has 0 spiro atoms. The minimum absolute atomic E-state index is 0.123. The average molecular weight is 308 g/mol. The van der Waals surface area contributed by atoms with Gasteiger partial charge in [0.2, 0.25) is 0 Å². The zero-order chi connectivity index (χ0) is 16.2. The lowest BCUT2D eigenvalue weighted by Gasteiger charge is -2.24. The molecule has 120 valence electrons. The van der Waals surface area contributed by atoms with Gasteiger partial charge in [0, 0.05) is 19.1 Å². The number of rotatable bonds is 5. The van der Waals surface area contributed by atoms with Crippen molar-refractivity contribution >= 4 is 6.03 Å². The summed E-state index contributed by atoms with van der Waals surface area (Å²) in [6, 6.07) is 21.1. The number of hydrogen-bond acceptors (Lipinski definition) is 1. The fourth-order valence-corrected chi connectivity index (χ4v) is 3.17. The Morgan fingerprint density at radius 3 is 2.26 bits per heavy atom. The molecule has 2 atom stereocenters. The Hall–Kier alpha value is -2.29. The van der Waals surface area contributed by atoms with E-state index in [1.54, 1.807) is 0 Å². The Morgan fingerprint density at radius 1 is 1.04 bits per heavy atom. The van der Waals surface area contributed by atoms with E-state index in [9.17, 15) is 4.79 Å². The maximum Gasteiger partial charge on any atom is 0.321 e. The van der Waals surface area contributed by atoms with Crippen LogP contribution in [0.15, 0.2) is 60.7 Å². The molecule has 2 aromatic carbocycles. The third-order valence-corrected chi connectivity index (χ3v) is 4.74. The molecular formula is C20H24N2O. The number of carbonyl (C=O) groups is 1. The topological polar surface area (TPSA) is 23.6 Å². The van der Waals surface area contributed by atoms with Crippen molar-refractivity contribution in [3.8, 4) is 0 Å². The molecule has 0 saturated carbocycles. The van der Waals surface area contributed by atoms with Crippen molar-refractivity contribution in [1.82, 2.24) is 9.80 Å². The van der Waals surface area contributed by atoms with E-state index in [1.807, 2.05) is 46.2 Å². The Bertz CT molecular complexity index is 641. The van der Waals surface area contributed by atoms with Gasteiger partial charge >= 0.3 is 6.03 Å². The monoisotopic (exact) mass is 308 g/mol. The van der Waals surface area contributed by atoms with Crippen molar-refractivity contribution in [2.45, 2.75) is 38.9 Å². The smallest absolute Gasteiger partial charge is 0.320 e. The lowest BCUT2D eigenvalue weighted by molar-refractivity contribution is 0.174. The van der Waals surface area contributed by atoms with Gasteiger partial charge in [-0.25, -0.2) is 4.79 Å². The van der Waals surface area contributed by atoms with Crippen molar-refractivity contribution in [2.75, 3.05) is 6.54 Å². The maximum atomic E-state index is 12.9. The van der Waals surface area contributed by atoms with E-state index in [2.05, 4.69) is 38.1 Å². The van der Waals surface area contributed by atoms with Gasteiger partial charge < -0.3 is 9.80 Å². The van der Waals surface area contributed by atoms with Crippen LogP contribution in [0, 0.1) is 0 Å². The summed E-state index contributed by atoms with van der Waals surface area (Å²) >= 11 is 0. The number of nitrogens with zero attached hydrogens (tertiary/aromatic N) is 2. The summed E-state index contributed by atoms with van der Waals surface area (Å²) in [4.78, 5) is 17.0. The van der Waals surface area contributed by atoms with E-state index >= 15 is 0 Å². The summed E-state index contributed by atoms with van der Waals surface area (Å²) in [5, 5.41) is 0. The van der Waals surface area contributed by atoms with E-state index in [0.29, 0.717) is 6.54 Å². The Morgan fingerprint density at radius 2 is 1.65 bits per heavy atom. The first-order valence-corrected chi connectivity index (χ1v) is 8.36. The van der Waals surface area contributed by atoms with Crippen molar-refractivity contribution in [3.63, 3.8) is 0 Å². The molecule has 0 N–H and O–H groups in total. The summed E-state index contributed by atoms with van der Waals surface area (Å²) < 4.78 is 0. The third-order valence-electron chi connectivity index (χ3n) is 4.74. The first-order valence-electron chi connectivity index (χ1n) is 8.36. The van der Waals surface area contributed by atoms with Crippen LogP contribution in [0.3, 0.4) is 0 Å². The van der Waals surface area contributed by atoms with Gasteiger partial charge in [0.05, 0.1) is 6.04 Å². The highest BCUT2D eigenvalue weighted by Crippen LogP contribution is 2.32. The van der Waals surface area contributed by atoms with Crippen LogP contribution in [-0.2, 0) is 6.54 Å². The zero-order valence-electron chi connectivity index (χ0n) is 13.9. The fraction of sp³-hybridized carbons (Fsp3) is 0.350. The zero-order valence-corrected chi connectivity index (χ0v) is 13.9. The summed E-state index contributed by atoms with van der Waals surface area (Å²) in [6.45, 7) is 5.69. The van der Waals surface area contributed by atoms with Crippen LogP contribution in [0.4, 0.5) is 4.79 Å². The number of carbonyl (C=O) groups excluding carboxylic acids is 1. The Balaban J connectivity index is 1.89. The molecule has 0 radical (unpaired) electrons. The number of benzene rings is 2. The van der Waals surface area contributed by atoms with E-state index in [4.69, 9.17) is 0 Å². The van der Waals surface area contributed by atoms with Crippen molar-refractivity contribution in [3.05, 3.63) is 71.8 Å². The summed E-state index contributed by atoms with van der Waals surface area (Å²) in [5.41, 5.74) is 2.38. The van der Waals surface area contributed by atoms with E-state index in [1.165, 1.54) is 11.1 Å². The Kier molecular flexibility index (Phi) is 4.65. The molecule has 0 bridgehead atoms. The van der Waals surface area contributed by atoms with Crippen molar-refractivity contribution in [2.24, 2.45) is 0 Å². The second-order valence-electron chi connectivity index (χ2n) is 6.23. The van der Waals surface area contributed by atoms with Gasteiger partial charge in [0.15, 0.2) is 0 Å². The minimum atomic E-state index is 0.123. The predicted molar refractivity (Wildman–Crippen MR) is 93.0 cm³/mol. The van der Waals surface area contributed by atoms with Crippen LogP contribution in [-0.4, -0.2) is 28.4 Å². The molecule has 3 heteroatoms. The van der Waals surface area contributed by atoms with Crippen LogP contribution in [0.1, 0.15) is 37.4 Å². The number of urea groups is 1. The number of amides is 2. The molecule has 3 rings (SSSR count). The minimum Gasteiger partial charge on any atom is -0.320 e. The first-order chi connectivity index (χ1) is 11.2. The lowest BCUT2D eigenvalue weighted by Crippen LogP contribution is -2.37. The van der Waals surface area contributed by atoms with Crippen molar-refractivity contribution in [1.29, 1.82) is 0 Å². The second-order valence-corrected chi connectivity index (χ2v) is 6.23. The van der Waals surface area contributed by atoms with Gasteiger partial charge in [-0.1, -0.05) is 67.6 Å². The normalized spacial score (nSPS) is 19.2. The highest BCUT2D eigenvalue weighted by atomic mass is 16.2. The average Bonchev–Trinajstić information content (AvgIpc) is 2.93. The molecule has 1 fully saturated rings. The summed E-state index contributed by atoms with van der Waals surface area (Å²) in [7, 11) is 0. The van der Waals surface area contributed by atoms with Gasteiger partial charge in [-0.05, 0) is 24.5 Å². The van der Waals surface area contributed by atoms with Crippen LogP contribution in [0.25, 0.3) is 0 Å². The molecule has 0 aliphatic carbocycles. The highest BCUT2D eigenvalue weighted by molar-refractivity contribution is 5.78. The van der Waals surface area contributed by atoms with Crippen LogP contribution in [0.5, 0.6) is 0 Å². The fourth-order valence-electron chi connectivity index (χ4n) is 3.17.